The highest BCUT2D eigenvalue weighted by Crippen LogP contribution is 2.27. The van der Waals surface area contributed by atoms with Gasteiger partial charge in [-0.05, 0) is 73.2 Å². The fourth-order valence-corrected chi connectivity index (χ4v) is 5.35. The molecule has 2 aromatic carbocycles. The topological polar surface area (TPSA) is 62.7 Å². The van der Waals surface area contributed by atoms with Crippen molar-refractivity contribution < 1.29 is 14.3 Å². The molecule has 1 atom stereocenters. The van der Waals surface area contributed by atoms with Crippen molar-refractivity contribution in [2.45, 2.75) is 38.5 Å². The Morgan fingerprint density at radius 2 is 1.94 bits per heavy atom. The van der Waals surface area contributed by atoms with E-state index in [0.717, 1.165) is 51.7 Å². The highest BCUT2D eigenvalue weighted by molar-refractivity contribution is 5.94. The molecule has 0 radical (unpaired) electrons. The molecule has 0 N–H and O–H groups in total. The number of benzene rings is 2. The third-order valence-corrected chi connectivity index (χ3v) is 7.30. The predicted molar refractivity (Wildman–Crippen MR) is 136 cm³/mol. The van der Waals surface area contributed by atoms with Crippen LogP contribution in [0.15, 0.2) is 60.9 Å². The van der Waals surface area contributed by atoms with Crippen LogP contribution in [0, 0.1) is 5.92 Å². The molecule has 6 heteroatoms. The molecule has 0 saturated carbocycles. The van der Waals surface area contributed by atoms with Gasteiger partial charge in [0, 0.05) is 49.4 Å². The minimum Gasteiger partial charge on any atom is -0.492 e. The van der Waals surface area contributed by atoms with Gasteiger partial charge in [-0.25, -0.2) is 0 Å². The molecular weight excluding hydrogens is 438 g/mol. The normalized spacial score (nSPS) is 18.6. The van der Waals surface area contributed by atoms with E-state index in [4.69, 9.17) is 4.74 Å². The first-order chi connectivity index (χ1) is 17.2. The second kappa shape index (κ2) is 10.9. The maximum absolute atomic E-state index is 13.3. The van der Waals surface area contributed by atoms with Gasteiger partial charge in [0.2, 0.25) is 5.91 Å². The number of amides is 2. The number of aromatic nitrogens is 1. The number of fused-ring (bicyclic) bond motifs is 1. The van der Waals surface area contributed by atoms with Crippen LogP contribution in [0.4, 0.5) is 0 Å². The van der Waals surface area contributed by atoms with Gasteiger partial charge in [-0.3, -0.25) is 14.6 Å². The van der Waals surface area contributed by atoms with E-state index in [1.165, 1.54) is 16.3 Å². The van der Waals surface area contributed by atoms with Crippen molar-refractivity contribution in [1.29, 1.82) is 0 Å². The molecule has 6 nitrogen and oxygen atoms in total. The maximum atomic E-state index is 13.3. The van der Waals surface area contributed by atoms with Crippen molar-refractivity contribution in [2.75, 3.05) is 32.8 Å². The average molecular weight is 472 g/mol. The summed E-state index contributed by atoms with van der Waals surface area (Å²) >= 11 is 0. The van der Waals surface area contributed by atoms with Crippen molar-refractivity contribution in [3.63, 3.8) is 0 Å². The minimum absolute atomic E-state index is 0.0696. The Hall–Kier alpha value is -3.41. The van der Waals surface area contributed by atoms with Crippen LogP contribution in [-0.2, 0) is 11.2 Å². The molecule has 3 heterocycles. The van der Waals surface area contributed by atoms with E-state index in [0.29, 0.717) is 36.8 Å². The highest BCUT2D eigenvalue weighted by atomic mass is 16.5. The summed E-state index contributed by atoms with van der Waals surface area (Å²) in [6, 6.07) is 16.0. The van der Waals surface area contributed by atoms with Crippen LogP contribution < -0.4 is 4.74 Å². The van der Waals surface area contributed by atoms with Crippen molar-refractivity contribution in [3.8, 4) is 5.75 Å². The zero-order chi connectivity index (χ0) is 24.0. The first-order valence-electron chi connectivity index (χ1n) is 12.8. The lowest BCUT2D eigenvalue weighted by molar-refractivity contribution is -0.128. The fourth-order valence-electron chi connectivity index (χ4n) is 5.35. The molecule has 0 spiro atoms. The molecule has 2 amide bonds. The minimum atomic E-state index is 0.0696. The number of ether oxygens (including phenoxy) is 1. The Balaban J connectivity index is 1.17. The molecular formula is C29H33N3O3. The summed E-state index contributed by atoms with van der Waals surface area (Å²) in [5.74, 6) is 1.51. The molecule has 2 saturated heterocycles. The molecule has 2 fully saturated rings. The smallest absolute Gasteiger partial charge is 0.253 e. The van der Waals surface area contributed by atoms with Crippen LogP contribution in [0.1, 0.15) is 48.0 Å². The SMILES string of the molecule is O=C1CCCN1CCOc1cccc(C(=O)N2CCCC(Cc3cccc4ccncc34)CC2)c1. The van der Waals surface area contributed by atoms with Gasteiger partial charge in [0.05, 0.1) is 6.54 Å². The number of hydrogen-bond acceptors (Lipinski definition) is 4. The number of carbonyl (C=O) groups excluding carboxylic acids is 2. The monoisotopic (exact) mass is 471 g/mol. The van der Waals surface area contributed by atoms with E-state index in [-0.39, 0.29) is 11.8 Å². The fraction of sp³-hybridized carbons (Fsp3) is 0.414. The summed E-state index contributed by atoms with van der Waals surface area (Å²) in [5.41, 5.74) is 2.01. The van der Waals surface area contributed by atoms with Crippen LogP contribution in [0.3, 0.4) is 0 Å². The Morgan fingerprint density at radius 3 is 2.83 bits per heavy atom. The van der Waals surface area contributed by atoms with E-state index in [1.54, 1.807) is 0 Å². The summed E-state index contributed by atoms with van der Waals surface area (Å²) in [7, 11) is 0. The van der Waals surface area contributed by atoms with E-state index in [2.05, 4.69) is 29.2 Å². The van der Waals surface area contributed by atoms with Crippen molar-refractivity contribution >= 4 is 22.6 Å². The molecule has 0 bridgehead atoms. The molecule has 182 valence electrons. The van der Waals surface area contributed by atoms with E-state index in [1.807, 2.05) is 46.5 Å². The Morgan fingerprint density at radius 1 is 1.03 bits per heavy atom. The van der Waals surface area contributed by atoms with Gasteiger partial charge >= 0.3 is 0 Å². The third kappa shape index (κ3) is 5.64. The lowest BCUT2D eigenvalue weighted by Gasteiger charge is -2.21. The lowest BCUT2D eigenvalue weighted by atomic mass is 9.91. The summed E-state index contributed by atoms with van der Waals surface area (Å²) in [6.07, 6.45) is 9.54. The number of likely N-dealkylation sites (tertiary alicyclic amines) is 2. The van der Waals surface area contributed by atoms with Crippen LogP contribution in [0.2, 0.25) is 0 Å². The Labute approximate surface area is 206 Å². The lowest BCUT2D eigenvalue weighted by Crippen LogP contribution is -2.32. The van der Waals surface area contributed by atoms with Crippen LogP contribution in [-0.4, -0.2) is 59.4 Å². The van der Waals surface area contributed by atoms with E-state index < -0.39 is 0 Å². The van der Waals surface area contributed by atoms with Gasteiger partial charge in [-0.1, -0.05) is 24.3 Å². The van der Waals surface area contributed by atoms with Gasteiger partial charge in [0.15, 0.2) is 0 Å². The van der Waals surface area contributed by atoms with Gasteiger partial charge in [-0.15, -0.1) is 0 Å². The molecule has 2 aliphatic heterocycles. The molecule has 1 unspecified atom stereocenters. The predicted octanol–water partition coefficient (Wildman–Crippen LogP) is 4.72. The third-order valence-electron chi connectivity index (χ3n) is 7.30. The average Bonchev–Trinajstić information content (AvgIpc) is 3.15. The van der Waals surface area contributed by atoms with E-state index >= 15 is 0 Å². The van der Waals surface area contributed by atoms with Crippen LogP contribution in [0.5, 0.6) is 5.75 Å². The maximum Gasteiger partial charge on any atom is 0.253 e. The number of nitrogens with zero attached hydrogens (tertiary/aromatic N) is 3. The molecule has 1 aromatic heterocycles. The number of hydrogen-bond donors (Lipinski definition) is 0. The molecule has 35 heavy (non-hydrogen) atoms. The molecule has 5 rings (SSSR count). The van der Waals surface area contributed by atoms with E-state index in [9.17, 15) is 9.59 Å². The van der Waals surface area contributed by atoms with Gasteiger partial charge in [0.25, 0.3) is 5.91 Å². The largest absolute Gasteiger partial charge is 0.492 e. The molecule has 0 aliphatic carbocycles. The molecule has 2 aliphatic rings. The zero-order valence-electron chi connectivity index (χ0n) is 20.2. The second-order valence-corrected chi connectivity index (χ2v) is 9.67. The first kappa shape index (κ1) is 23.3. The Bertz CT molecular complexity index is 1190. The molecule has 3 aromatic rings. The van der Waals surface area contributed by atoms with Crippen molar-refractivity contribution in [3.05, 3.63) is 72.1 Å². The van der Waals surface area contributed by atoms with Gasteiger partial charge in [-0.2, -0.15) is 0 Å². The standard InChI is InChI=1S/C29H33N3O3/c33-28-10-4-14-31(28)17-18-35-26-9-2-8-25(20-26)29(34)32-15-3-5-22(12-16-32)19-24-7-1-6-23-11-13-30-21-27(23)24/h1-2,6-9,11,13,20-22H,3-5,10,12,14-19H2. The number of rotatable bonds is 7. The van der Waals surface area contributed by atoms with Gasteiger partial charge in [0.1, 0.15) is 12.4 Å². The number of carbonyl (C=O) groups is 2. The quantitative estimate of drug-likeness (QED) is 0.500. The number of pyridine rings is 1. The van der Waals surface area contributed by atoms with Crippen LogP contribution in [0.25, 0.3) is 10.8 Å². The summed E-state index contributed by atoms with van der Waals surface area (Å²) < 4.78 is 5.87. The first-order valence-corrected chi connectivity index (χ1v) is 12.8. The van der Waals surface area contributed by atoms with Gasteiger partial charge < -0.3 is 14.5 Å². The van der Waals surface area contributed by atoms with Crippen LogP contribution >= 0.6 is 0 Å². The summed E-state index contributed by atoms with van der Waals surface area (Å²) in [4.78, 5) is 33.2. The zero-order valence-corrected chi connectivity index (χ0v) is 20.2. The second-order valence-electron chi connectivity index (χ2n) is 9.67. The summed E-state index contributed by atoms with van der Waals surface area (Å²) in [6.45, 7) is 3.41. The Kier molecular flexibility index (Phi) is 7.26. The van der Waals surface area contributed by atoms with Crippen molar-refractivity contribution in [2.24, 2.45) is 5.92 Å². The summed E-state index contributed by atoms with van der Waals surface area (Å²) in [5, 5.41) is 2.47. The van der Waals surface area contributed by atoms with Crippen molar-refractivity contribution in [1.82, 2.24) is 14.8 Å². The highest BCUT2D eigenvalue weighted by Gasteiger charge is 2.23.